The quantitative estimate of drug-likeness (QED) is 0.303. The van der Waals surface area contributed by atoms with Crippen LogP contribution in [0.5, 0.6) is 0 Å². The highest BCUT2D eigenvalue weighted by Crippen LogP contribution is 1.72. The van der Waals surface area contributed by atoms with Gasteiger partial charge in [0, 0.05) is 6.54 Å². The molecule has 0 aliphatic rings. The molecule has 0 amide bonds. The van der Waals surface area contributed by atoms with Gasteiger partial charge in [-0.1, -0.05) is 0 Å². The molecule has 0 fully saturated rings. The van der Waals surface area contributed by atoms with Gasteiger partial charge < -0.3 is 11.5 Å². The lowest BCUT2D eigenvalue weighted by atomic mass is 10.6. The first kappa shape index (κ1) is 7.03. The van der Waals surface area contributed by atoms with Crippen LogP contribution in [0.1, 0.15) is 0 Å². The smallest absolute Gasteiger partial charge is 0.143 e. The largest absolute Gasteiger partial charge is 0.327 e. The van der Waals surface area contributed by atoms with Crippen molar-refractivity contribution in [1.29, 1.82) is 0 Å². The second kappa shape index (κ2) is 4.20. The second-order valence-corrected chi connectivity index (χ2v) is 1.31. The first-order valence-corrected chi connectivity index (χ1v) is 2.48. The third-order valence-corrected chi connectivity index (χ3v) is 0.768. The number of hydrogen-bond donors (Lipinski definition) is 3. The summed E-state index contributed by atoms with van der Waals surface area (Å²) in [5.41, 5.74) is 9.99. The molecule has 0 rings (SSSR count). The Kier molecular flexibility index (Phi) is 4.21. The van der Waals surface area contributed by atoms with Crippen molar-refractivity contribution in [2.75, 3.05) is 6.54 Å². The summed E-state index contributed by atoms with van der Waals surface area (Å²) in [7, 11) is 0. The monoisotopic (exact) mass is 124 g/mol. The maximum Gasteiger partial charge on any atom is 0.143 e. The Balaban J connectivity index is 2.98. The van der Waals surface area contributed by atoms with Crippen LogP contribution >= 0.6 is 0 Å². The third kappa shape index (κ3) is 3.87. The standard InChI is InChI=1S/C2H8N2O2S/c3-1-2(4)6-7-5/h2,7H,1,3-4H2. The molecule has 0 radical (unpaired) electrons. The maximum absolute atomic E-state index is 9.51. The SMILES string of the molecule is NCC(N)O[SH]=O. The molecule has 0 aliphatic carbocycles. The van der Waals surface area contributed by atoms with Crippen molar-refractivity contribution >= 4 is 11.9 Å². The van der Waals surface area contributed by atoms with Crippen LogP contribution in [0, 0.1) is 0 Å². The van der Waals surface area contributed by atoms with E-state index in [2.05, 4.69) is 4.18 Å². The molecule has 0 aromatic heterocycles. The van der Waals surface area contributed by atoms with E-state index in [1.807, 2.05) is 0 Å². The van der Waals surface area contributed by atoms with E-state index < -0.39 is 18.2 Å². The van der Waals surface area contributed by atoms with Crippen molar-refractivity contribution in [3.8, 4) is 0 Å². The highest BCUT2D eigenvalue weighted by atomic mass is 32.2. The van der Waals surface area contributed by atoms with Gasteiger partial charge >= 0.3 is 0 Å². The van der Waals surface area contributed by atoms with Gasteiger partial charge in [0.15, 0.2) is 0 Å². The van der Waals surface area contributed by atoms with Crippen LogP contribution in [-0.4, -0.2) is 17.0 Å². The molecule has 0 heterocycles. The average molecular weight is 124 g/mol. The summed E-state index contributed by atoms with van der Waals surface area (Å²) in [5.74, 6) is 0. The molecular weight excluding hydrogens is 116 g/mol. The summed E-state index contributed by atoms with van der Waals surface area (Å²) < 4.78 is 13.8. The molecule has 4 N–H and O–H groups in total. The van der Waals surface area contributed by atoms with Crippen molar-refractivity contribution in [1.82, 2.24) is 0 Å². The van der Waals surface area contributed by atoms with Crippen LogP contribution in [0.4, 0.5) is 0 Å². The minimum Gasteiger partial charge on any atom is -0.327 e. The van der Waals surface area contributed by atoms with Gasteiger partial charge in [0.05, 0.1) is 0 Å². The fraction of sp³-hybridized carbons (Fsp3) is 1.00. The van der Waals surface area contributed by atoms with Crippen LogP contribution in [0.3, 0.4) is 0 Å². The molecular formula is C2H8N2O2S. The molecule has 44 valence electrons. The molecule has 4 nitrogen and oxygen atoms in total. The van der Waals surface area contributed by atoms with Gasteiger partial charge in [0.1, 0.15) is 18.2 Å². The highest BCUT2D eigenvalue weighted by molar-refractivity contribution is 7.60. The highest BCUT2D eigenvalue weighted by Gasteiger charge is 1.92. The van der Waals surface area contributed by atoms with E-state index in [4.69, 9.17) is 11.5 Å². The molecule has 1 unspecified atom stereocenters. The molecule has 0 spiro atoms. The lowest BCUT2D eigenvalue weighted by Gasteiger charge is -2.00. The van der Waals surface area contributed by atoms with E-state index in [0.717, 1.165) is 0 Å². The van der Waals surface area contributed by atoms with Crippen LogP contribution in [0.2, 0.25) is 0 Å². The van der Waals surface area contributed by atoms with Crippen LogP contribution < -0.4 is 11.5 Å². The van der Waals surface area contributed by atoms with E-state index >= 15 is 0 Å². The fourth-order valence-electron chi connectivity index (χ4n) is 0.0983. The summed E-state index contributed by atoms with van der Waals surface area (Å²) in [4.78, 5) is 0. The maximum atomic E-state index is 9.51. The zero-order valence-electron chi connectivity index (χ0n) is 3.70. The Morgan fingerprint density at radius 2 is 2.43 bits per heavy atom. The van der Waals surface area contributed by atoms with Crippen molar-refractivity contribution in [3.05, 3.63) is 0 Å². The first-order chi connectivity index (χ1) is 3.31. The Labute approximate surface area is 45.5 Å². The summed E-state index contributed by atoms with van der Waals surface area (Å²) in [6, 6.07) is 0. The molecule has 0 aliphatic heterocycles. The second-order valence-electron chi connectivity index (χ2n) is 0.954. The van der Waals surface area contributed by atoms with Crippen LogP contribution in [0.15, 0.2) is 0 Å². The summed E-state index contributed by atoms with van der Waals surface area (Å²) in [5, 5.41) is 0. The molecule has 0 aromatic carbocycles. The van der Waals surface area contributed by atoms with E-state index in [0.29, 0.717) is 0 Å². The van der Waals surface area contributed by atoms with Crippen molar-refractivity contribution in [2.24, 2.45) is 11.5 Å². The molecule has 0 saturated carbocycles. The first-order valence-electron chi connectivity index (χ1n) is 1.75. The van der Waals surface area contributed by atoms with Gasteiger partial charge in [-0.2, -0.15) is 0 Å². The molecule has 7 heavy (non-hydrogen) atoms. The Morgan fingerprint density at radius 3 is 2.57 bits per heavy atom. The Hall–Kier alpha value is 0.0300. The Morgan fingerprint density at radius 1 is 1.86 bits per heavy atom. The topological polar surface area (TPSA) is 78.3 Å². The van der Waals surface area contributed by atoms with Crippen LogP contribution in [-0.2, 0) is 16.1 Å². The molecule has 1 atom stereocenters. The average Bonchev–Trinajstić information content (AvgIpc) is 1.68. The molecule has 0 bridgehead atoms. The van der Waals surface area contributed by atoms with E-state index in [1.165, 1.54) is 0 Å². The zero-order chi connectivity index (χ0) is 5.70. The van der Waals surface area contributed by atoms with Gasteiger partial charge in [0.2, 0.25) is 0 Å². The molecule has 0 saturated heterocycles. The van der Waals surface area contributed by atoms with Gasteiger partial charge in [0.25, 0.3) is 0 Å². The van der Waals surface area contributed by atoms with E-state index in [1.54, 1.807) is 0 Å². The van der Waals surface area contributed by atoms with Gasteiger partial charge in [-0.25, -0.2) is 4.21 Å². The number of hydrogen-bond acceptors (Lipinski definition) is 4. The van der Waals surface area contributed by atoms with Crippen molar-refractivity contribution < 1.29 is 8.39 Å². The van der Waals surface area contributed by atoms with Crippen molar-refractivity contribution in [2.45, 2.75) is 6.23 Å². The normalized spacial score (nSPS) is 14.0. The lowest BCUT2D eigenvalue weighted by Crippen LogP contribution is -2.31. The van der Waals surface area contributed by atoms with E-state index in [9.17, 15) is 4.21 Å². The summed E-state index contributed by atoms with van der Waals surface area (Å²) >= 11 is -0.415. The van der Waals surface area contributed by atoms with Gasteiger partial charge in [-0.3, -0.25) is 4.18 Å². The summed E-state index contributed by atoms with van der Waals surface area (Å²) in [6.07, 6.45) is -0.598. The third-order valence-electron chi connectivity index (χ3n) is 0.411. The molecule has 5 heteroatoms. The lowest BCUT2D eigenvalue weighted by molar-refractivity contribution is 0.251. The minimum absolute atomic E-state index is 0.190. The summed E-state index contributed by atoms with van der Waals surface area (Å²) in [6.45, 7) is 0.190. The van der Waals surface area contributed by atoms with Crippen LogP contribution in [0.25, 0.3) is 0 Å². The predicted octanol–water partition coefficient (Wildman–Crippen LogP) is -1.89. The van der Waals surface area contributed by atoms with Crippen molar-refractivity contribution in [3.63, 3.8) is 0 Å². The van der Waals surface area contributed by atoms with E-state index in [-0.39, 0.29) is 6.54 Å². The predicted molar refractivity (Wildman–Crippen MR) is 27.7 cm³/mol. The zero-order valence-corrected chi connectivity index (χ0v) is 4.60. The van der Waals surface area contributed by atoms with Gasteiger partial charge in [-0.05, 0) is 0 Å². The molecule has 0 aromatic rings. The fourth-order valence-corrected chi connectivity index (χ4v) is 0.295. The minimum atomic E-state index is -0.598. The Bertz CT molecular complexity index is 59.7. The van der Waals surface area contributed by atoms with Gasteiger partial charge in [-0.15, -0.1) is 0 Å². The number of thiol groups is 1. The number of rotatable bonds is 3. The number of nitrogens with two attached hydrogens (primary N) is 2.